The Kier molecular flexibility index (Phi) is 5.35. The largest absolute Gasteiger partial charge is 0.379 e. The van der Waals surface area contributed by atoms with Crippen molar-refractivity contribution in [3.63, 3.8) is 0 Å². The number of piperazine rings is 1. The van der Waals surface area contributed by atoms with Crippen LogP contribution in [0.2, 0.25) is 0 Å². The Balaban J connectivity index is 1.34. The highest BCUT2D eigenvalue weighted by Crippen LogP contribution is 2.22. The van der Waals surface area contributed by atoms with E-state index < -0.39 is 0 Å². The third-order valence-corrected chi connectivity index (χ3v) is 5.29. The van der Waals surface area contributed by atoms with E-state index in [1.807, 2.05) is 23.1 Å². The lowest BCUT2D eigenvalue weighted by Crippen LogP contribution is -2.52. The van der Waals surface area contributed by atoms with Gasteiger partial charge in [0.1, 0.15) is 17.2 Å². The van der Waals surface area contributed by atoms with Gasteiger partial charge in [0.25, 0.3) is 10.9 Å². The first kappa shape index (κ1) is 17.9. The molecular formula is C19H25N5O3. The van der Waals surface area contributed by atoms with Crippen LogP contribution in [-0.4, -0.2) is 75.5 Å². The van der Waals surface area contributed by atoms with E-state index in [0.29, 0.717) is 31.0 Å². The maximum absolute atomic E-state index is 12.1. The summed E-state index contributed by atoms with van der Waals surface area (Å²) < 4.78 is 5.34. The molecule has 3 heterocycles. The second-order valence-electron chi connectivity index (χ2n) is 6.92. The zero-order valence-corrected chi connectivity index (χ0v) is 15.4. The van der Waals surface area contributed by atoms with Gasteiger partial charge in [-0.15, -0.1) is 0 Å². The van der Waals surface area contributed by atoms with Crippen molar-refractivity contribution in [1.29, 1.82) is 0 Å². The van der Waals surface area contributed by atoms with E-state index in [0.717, 1.165) is 51.8 Å². The molecule has 2 saturated heterocycles. The number of hydrogen-bond donors (Lipinski definition) is 1. The van der Waals surface area contributed by atoms with Crippen LogP contribution in [0, 0.1) is 0 Å². The molecule has 2 fully saturated rings. The molecule has 8 heteroatoms. The van der Waals surface area contributed by atoms with Gasteiger partial charge in [0.05, 0.1) is 13.2 Å². The van der Waals surface area contributed by atoms with Crippen LogP contribution < -0.4 is 26.0 Å². The summed E-state index contributed by atoms with van der Waals surface area (Å²) in [5, 5.41) is 3.20. The van der Waals surface area contributed by atoms with Crippen molar-refractivity contribution in [2.45, 2.75) is 0 Å². The third kappa shape index (κ3) is 3.81. The Morgan fingerprint density at radius 1 is 0.963 bits per heavy atom. The highest BCUT2D eigenvalue weighted by atomic mass is 16.5. The number of morpholine rings is 1. The molecule has 0 atom stereocenters. The van der Waals surface area contributed by atoms with E-state index in [1.165, 1.54) is 0 Å². The maximum atomic E-state index is 12.1. The molecule has 1 aromatic carbocycles. The highest BCUT2D eigenvalue weighted by molar-refractivity contribution is 5.75. The van der Waals surface area contributed by atoms with Gasteiger partial charge in [-0.2, -0.15) is 0 Å². The van der Waals surface area contributed by atoms with Crippen molar-refractivity contribution < 1.29 is 4.74 Å². The van der Waals surface area contributed by atoms with Crippen molar-refractivity contribution >= 4 is 17.2 Å². The van der Waals surface area contributed by atoms with E-state index in [2.05, 4.69) is 20.1 Å². The summed E-state index contributed by atoms with van der Waals surface area (Å²) in [4.78, 5) is 35.1. The highest BCUT2D eigenvalue weighted by Gasteiger charge is 2.28. The smallest absolute Gasteiger partial charge is 0.253 e. The first-order valence-corrected chi connectivity index (χ1v) is 9.52. The van der Waals surface area contributed by atoms with Crippen LogP contribution in [0.15, 0.2) is 34.0 Å². The summed E-state index contributed by atoms with van der Waals surface area (Å²) in [5.41, 5.74) is 0.288. The summed E-state index contributed by atoms with van der Waals surface area (Å²) in [6.07, 6.45) is 1.79. The fourth-order valence-corrected chi connectivity index (χ4v) is 3.71. The first-order valence-electron chi connectivity index (χ1n) is 9.52. The molecule has 27 heavy (non-hydrogen) atoms. The molecule has 0 amide bonds. The number of ether oxygens (including phenoxy) is 1. The van der Waals surface area contributed by atoms with E-state index in [9.17, 15) is 9.59 Å². The number of rotatable bonds is 6. The van der Waals surface area contributed by atoms with Gasteiger partial charge < -0.3 is 19.9 Å². The fourth-order valence-electron chi connectivity index (χ4n) is 3.71. The van der Waals surface area contributed by atoms with Crippen LogP contribution in [0.5, 0.6) is 0 Å². The standard InChI is InChI=1S/C19H25N5O3/c25-18-16(21-5-6-22-11-13-27-14-12-22)17(19(18)26)24-9-7-23(8-10-24)15-3-1-2-4-20-15/h1-4,21H,5-14H2. The monoisotopic (exact) mass is 371 g/mol. The Morgan fingerprint density at radius 2 is 1.70 bits per heavy atom. The summed E-state index contributed by atoms with van der Waals surface area (Å²) in [7, 11) is 0. The van der Waals surface area contributed by atoms with Crippen molar-refractivity contribution in [2.24, 2.45) is 0 Å². The summed E-state index contributed by atoms with van der Waals surface area (Å²) in [6, 6.07) is 5.87. The summed E-state index contributed by atoms with van der Waals surface area (Å²) in [5.74, 6) is 0.950. The Hall–Kier alpha value is -2.45. The van der Waals surface area contributed by atoms with Gasteiger partial charge in [-0.1, -0.05) is 6.07 Å². The Bertz CT molecular complexity index is 820. The zero-order chi connectivity index (χ0) is 18.6. The third-order valence-electron chi connectivity index (χ3n) is 5.29. The predicted octanol–water partition coefficient (Wildman–Crippen LogP) is -0.252. The quantitative estimate of drug-likeness (QED) is 0.697. The van der Waals surface area contributed by atoms with Crippen molar-refractivity contribution in [3.8, 4) is 0 Å². The zero-order valence-electron chi connectivity index (χ0n) is 15.4. The van der Waals surface area contributed by atoms with Gasteiger partial charge in [0.2, 0.25) is 0 Å². The molecule has 0 unspecified atom stereocenters. The molecule has 0 aliphatic carbocycles. The van der Waals surface area contributed by atoms with E-state index in [-0.39, 0.29) is 10.9 Å². The van der Waals surface area contributed by atoms with Gasteiger partial charge in [-0.25, -0.2) is 4.98 Å². The molecule has 0 saturated carbocycles. The Labute approximate surface area is 158 Å². The second-order valence-corrected chi connectivity index (χ2v) is 6.92. The molecular weight excluding hydrogens is 346 g/mol. The fraction of sp³-hybridized carbons (Fsp3) is 0.526. The second kappa shape index (κ2) is 8.06. The molecule has 4 rings (SSSR count). The topological polar surface area (TPSA) is 78.0 Å². The van der Waals surface area contributed by atoms with Crippen LogP contribution in [0.1, 0.15) is 0 Å². The number of anilines is 3. The lowest BCUT2D eigenvalue weighted by atomic mass is 10.1. The Morgan fingerprint density at radius 3 is 2.41 bits per heavy atom. The molecule has 144 valence electrons. The summed E-state index contributed by atoms with van der Waals surface area (Å²) in [6.45, 7) is 7.82. The first-order chi connectivity index (χ1) is 13.2. The maximum Gasteiger partial charge on any atom is 0.253 e. The number of hydrogen-bond acceptors (Lipinski definition) is 8. The minimum atomic E-state index is -0.390. The molecule has 0 radical (unpaired) electrons. The molecule has 1 aromatic heterocycles. The average molecular weight is 371 g/mol. The van der Waals surface area contributed by atoms with Gasteiger partial charge in [-0.05, 0) is 12.1 Å². The summed E-state index contributed by atoms with van der Waals surface area (Å²) >= 11 is 0. The molecule has 1 N–H and O–H groups in total. The van der Waals surface area contributed by atoms with Gasteiger partial charge >= 0.3 is 0 Å². The molecule has 0 spiro atoms. The normalized spacial score (nSPS) is 18.8. The molecule has 2 aliphatic rings. The number of aromatic nitrogens is 1. The van der Waals surface area contributed by atoms with Gasteiger partial charge in [0, 0.05) is 58.6 Å². The van der Waals surface area contributed by atoms with Gasteiger partial charge in [-0.3, -0.25) is 14.5 Å². The molecule has 2 aromatic rings. The molecule has 0 bridgehead atoms. The van der Waals surface area contributed by atoms with Crippen LogP contribution in [-0.2, 0) is 4.74 Å². The van der Waals surface area contributed by atoms with Crippen LogP contribution in [0.25, 0.3) is 0 Å². The minimum Gasteiger partial charge on any atom is -0.379 e. The van der Waals surface area contributed by atoms with E-state index in [1.54, 1.807) is 6.20 Å². The molecule has 2 aliphatic heterocycles. The van der Waals surface area contributed by atoms with E-state index >= 15 is 0 Å². The van der Waals surface area contributed by atoms with Crippen molar-refractivity contribution in [2.75, 3.05) is 80.7 Å². The SMILES string of the molecule is O=c1c(NCCN2CCOCC2)c(N2CCN(c3ccccn3)CC2)c1=O. The lowest BCUT2D eigenvalue weighted by Gasteiger charge is -2.37. The van der Waals surface area contributed by atoms with Gasteiger partial charge in [0.15, 0.2) is 0 Å². The van der Waals surface area contributed by atoms with Crippen LogP contribution in [0.3, 0.4) is 0 Å². The molecule has 8 nitrogen and oxygen atoms in total. The van der Waals surface area contributed by atoms with Crippen LogP contribution in [0.4, 0.5) is 17.2 Å². The number of nitrogens with one attached hydrogen (secondary N) is 1. The van der Waals surface area contributed by atoms with Crippen LogP contribution >= 0.6 is 0 Å². The average Bonchev–Trinajstić information content (AvgIpc) is 2.74. The van der Waals surface area contributed by atoms with E-state index in [4.69, 9.17) is 4.74 Å². The predicted molar refractivity (Wildman–Crippen MR) is 106 cm³/mol. The minimum absolute atomic E-state index is 0.366. The van der Waals surface area contributed by atoms with Crippen molar-refractivity contribution in [3.05, 3.63) is 44.8 Å². The lowest BCUT2D eigenvalue weighted by molar-refractivity contribution is 0.0398. The number of pyridine rings is 1. The number of nitrogens with zero attached hydrogens (tertiary/aromatic N) is 4. The van der Waals surface area contributed by atoms with Crippen molar-refractivity contribution in [1.82, 2.24) is 9.88 Å².